The number of hydrogen-bond acceptors (Lipinski definition) is 0. The summed E-state index contributed by atoms with van der Waals surface area (Å²) in [4.78, 5) is 0. The molecule has 0 atom stereocenters. The highest BCUT2D eigenvalue weighted by Crippen LogP contribution is 2.47. The standard InChI is InChI=1S/C52H40/c1-52(2,3)43-27-23-35(24-28-43)41-25-29-44-45-30-26-42(47-32-40-22-14-13-21-39(40)31-46(47)36-15-7-4-8-16-36)34-49(45)51(38-19-11-6-12-20-38)50(48(44)33-41)37-17-9-5-10-18-37/h4-34H,1-3H3. The summed E-state index contributed by atoms with van der Waals surface area (Å²) in [7, 11) is 0. The molecule has 0 aliphatic carbocycles. The lowest BCUT2D eigenvalue weighted by Gasteiger charge is -2.21. The Balaban J connectivity index is 1.36. The molecule has 0 amide bonds. The highest BCUT2D eigenvalue weighted by atomic mass is 14.2. The van der Waals surface area contributed by atoms with Crippen LogP contribution in [-0.4, -0.2) is 0 Å². The minimum absolute atomic E-state index is 0.111. The molecular weight excluding hydrogens is 625 g/mol. The van der Waals surface area contributed by atoms with Crippen LogP contribution >= 0.6 is 0 Å². The molecular formula is C52H40. The maximum atomic E-state index is 2.44. The Morgan fingerprint density at radius 3 is 1.19 bits per heavy atom. The summed E-state index contributed by atoms with van der Waals surface area (Å²) in [5, 5.41) is 7.53. The van der Waals surface area contributed by atoms with Crippen molar-refractivity contribution >= 4 is 32.3 Å². The molecule has 0 saturated heterocycles. The molecule has 0 N–H and O–H groups in total. The van der Waals surface area contributed by atoms with Gasteiger partial charge in [-0.15, -0.1) is 0 Å². The van der Waals surface area contributed by atoms with Crippen molar-refractivity contribution in [1.29, 1.82) is 0 Å². The van der Waals surface area contributed by atoms with Crippen LogP contribution in [-0.2, 0) is 5.41 Å². The first-order valence-electron chi connectivity index (χ1n) is 18.3. The lowest BCUT2D eigenvalue weighted by atomic mass is 9.82. The molecule has 52 heavy (non-hydrogen) atoms. The third-order valence-corrected chi connectivity index (χ3v) is 10.6. The van der Waals surface area contributed by atoms with E-state index in [4.69, 9.17) is 0 Å². The van der Waals surface area contributed by atoms with E-state index in [9.17, 15) is 0 Å². The quantitative estimate of drug-likeness (QED) is 0.161. The van der Waals surface area contributed by atoms with Crippen LogP contribution in [0, 0.1) is 0 Å². The van der Waals surface area contributed by atoms with Gasteiger partial charge in [0.15, 0.2) is 0 Å². The van der Waals surface area contributed by atoms with Gasteiger partial charge in [0.2, 0.25) is 0 Å². The van der Waals surface area contributed by atoms with Crippen LogP contribution in [0.15, 0.2) is 188 Å². The largest absolute Gasteiger partial charge is 0.0622 e. The number of rotatable bonds is 5. The van der Waals surface area contributed by atoms with E-state index in [1.165, 1.54) is 93.5 Å². The van der Waals surface area contributed by atoms with Crippen LogP contribution in [0.4, 0.5) is 0 Å². The summed E-state index contributed by atoms with van der Waals surface area (Å²) >= 11 is 0. The van der Waals surface area contributed by atoms with Crippen molar-refractivity contribution < 1.29 is 0 Å². The van der Waals surface area contributed by atoms with E-state index in [2.05, 4.69) is 209 Å². The zero-order valence-electron chi connectivity index (χ0n) is 29.9. The molecule has 0 spiro atoms. The molecule has 248 valence electrons. The molecule has 0 aliphatic rings. The van der Waals surface area contributed by atoms with Crippen LogP contribution < -0.4 is 0 Å². The van der Waals surface area contributed by atoms with Gasteiger partial charge in [0.25, 0.3) is 0 Å². The average molecular weight is 665 g/mol. The molecule has 0 saturated carbocycles. The fraction of sp³-hybridized carbons (Fsp3) is 0.0769. The van der Waals surface area contributed by atoms with E-state index in [1.807, 2.05) is 0 Å². The maximum Gasteiger partial charge on any atom is -0.00201 e. The molecule has 0 bridgehead atoms. The third-order valence-electron chi connectivity index (χ3n) is 10.6. The Kier molecular flexibility index (Phi) is 7.82. The summed E-state index contributed by atoms with van der Waals surface area (Å²) in [5.74, 6) is 0. The molecule has 0 unspecified atom stereocenters. The second kappa shape index (κ2) is 12.8. The zero-order valence-corrected chi connectivity index (χ0v) is 29.9. The topological polar surface area (TPSA) is 0 Å². The molecule has 0 radical (unpaired) electrons. The van der Waals surface area contributed by atoms with Gasteiger partial charge >= 0.3 is 0 Å². The molecule has 9 aromatic carbocycles. The summed E-state index contributed by atoms with van der Waals surface area (Å²) in [5.41, 5.74) is 13.8. The first kappa shape index (κ1) is 31.7. The Bertz CT molecular complexity index is 2710. The van der Waals surface area contributed by atoms with Crippen LogP contribution in [0.25, 0.3) is 88.0 Å². The predicted octanol–water partition coefficient (Wildman–Crippen LogP) is 14.8. The second-order valence-electron chi connectivity index (χ2n) is 14.9. The SMILES string of the molecule is CC(C)(C)c1ccc(-c2ccc3c(c2)c(-c2ccccc2)c(-c2ccccc2)c2cc(-c4cc5ccccc5cc4-c4ccccc4)ccc23)cc1. The Labute approximate surface area is 306 Å². The Hall–Kier alpha value is -6.24. The van der Waals surface area contributed by atoms with Crippen LogP contribution in [0.2, 0.25) is 0 Å². The average Bonchev–Trinajstić information content (AvgIpc) is 3.20. The summed E-state index contributed by atoms with van der Waals surface area (Å²) in [6, 6.07) is 69.5. The maximum absolute atomic E-state index is 2.44. The fourth-order valence-corrected chi connectivity index (χ4v) is 7.90. The summed E-state index contributed by atoms with van der Waals surface area (Å²) in [6.45, 7) is 6.82. The minimum Gasteiger partial charge on any atom is -0.0622 e. The van der Waals surface area contributed by atoms with Gasteiger partial charge in [-0.05, 0) is 123 Å². The first-order valence-corrected chi connectivity index (χ1v) is 18.3. The van der Waals surface area contributed by atoms with Crippen molar-refractivity contribution in [3.8, 4) is 55.6 Å². The monoisotopic (exact) mass is 664 g/mol. The van der Waals surface area contributed by atoms with Crippen LogP contribution in [0.1, 0.15) is 26.3 Å². The van der Waals surface area contributed by atoms with Gasteiger partial charge in [-0.25, -0.2) is 0 Å². The van der Waals surface area contributed by atoms with E-state index in [1.54, 1.807) is 0 Å². The molecule has 0 aliphatic heterocycles. The Morgan fingerprint density at radius 2 is 0.692 bits per heavy atom. The molecule has 0 heterocycles. The number of hydrogen-bond donors (Lipinski definition) is 0. The van der Waals surface area contributed by atoms with Gasteiger partial charge in [-0.1, -0.05) is 185 Å². The summed E-state index contributed by atoms with van der Waals surface area (Å²) < 4.78 is 0. The normalized spacial score (nSPS) is 11.8. The smallest absolute Gasteiger partial charge is 0.00201 e. The van der Waals surface area contributed by atoms with Crippen molar-refractivity contribution in [2.24, 2.45) is 0 Å². The van der Waals surface area contributed by atoms with E-state index in [0.717, 1.165) is 0 Å². The molecule has 9 aromatic rings. The van der Waals surface area contributed by atoms with Gasteiger partial charge in [0.1, 0.15) is 0 Å². The fourth-order valence-electron chi connectivity index (χ4n) is 7.90. The zero-order chi connectivity index (χ0) is 35.2. The van der Waals surface area contributed by atoms with Crippen LogP contribution in [0.5, 0.6) is 0 Å². The molecule has 0 heteroatoms. The second-order valence-corrected chi connectivity index (χ2v) is 14.9. The molecule has 0 nitrogen and oxygen atoms in total. The van der Waals surface area contributed by atoms with Gasteiger partial charge in [-0.2, -0.15) is 0 Å². The van der Waals surface area contributed by atoms with E-state index >= 15 is 0 Å². The lowest BCUT2D eigenvalue weighted by Crippen LogP contribution is -2.10. The van der Waals surface area contributed by atoms with Crippen molar-refractivity contribution in [3.63, 3.8) is 0 Å². The van der Waals surface area contributed by atoms with Crippen molar-refractivity contribution in [1.82, 2.24) is 0 Å². The third kappa shape index (κ3) is 5.67. The molecule has 0 aromatic heterocycles. The van der Waals surface area contributed by atoms with Gasteiger partial charge in [0, 0.05) is 0 Å². The lowest BCUT2D eigenvalue weighted by molar-refractivity contribution is 0.590. The van der Waals surface area contributed by atoms with Gasteiger partial charge in [0.05, 0.1) is 0 Å². The van der Waals surface area contributed by atoms with Crippen LogP contribution in [0.3, 0.4) is 0 Å². The van der Waals surface area contributed by atoms with E-state index < -0.39 is 0 Å². The van der Waals surface area contributed by atoms with Crippen molar-refractivity contribution in [2.75, 3.05) is 0 Å². The number of benzene rings is 9. The van der Waals surface area contributed by atoms with E-state index in [-0.39, 0.29) is 5.41 Å². The first-order chi connectivity index (χ1) is 25.4. The number of fused-ring (bicyclic) bond motifs is 4. The summed E-state index contributed by atoms with van der Waals surface area (Å²) in [6.07, 6.45) is 0. The molecule has 9 rings (SSSR count). The van der Waals surface area contributed by atoms with Crippen molar-refractivity contribution in [2.45, 2.75) is 26.2 Å². The highest BCUT2D eigenvalue weighted by Gasteiger charge is 2.20. The predicted molar refractivity (Wildman–Crippen MR) is 225 cm³/mol. The minimum atomic E-state index is 0.111. The molecule has 0 fully saturated rings. The van der Waals surface area contributed by atoms with E-state index in [0.29, 0.717) is 0 Å². The highest BCUT2D eigenvalue weighted by molar-refractivity contribution is 6.23. The van der Waals surface area contributed by atoms with Gasteiger partial charge in [-0.3, -0.25) is 0 Å². The van der Waals surface area contributed by atoms with Crippen molar-refractivity contribution in [3.05, 3.63) is 194 Å². The van der Waals surface area contributed by atoms with Gasteiger partial charge < -0.3 is 0 Å². The Morgan fingerprint density at radius 1 is 0.288 bits per heavy atom.